The molecule has 82 valence electrons. The summed E-state index contributed by atoms with van der Waals surface area (Å²) in [7, 11) is -3.02. The summed E-state index contributed by atoms with van der Waals surface area (Å²) in [6.07, 6.45) is 1.55. The monoisotopic (exact) mass is 265 g/mol. The average molecular weight is 266 g/mol. The van der Waals surface area contributed by atoms with Crippen LogP contribution >= 0.6 is 23.2 Å². The van der Waals surface area contributed by atoms with Crippen molar-refractivity contribution >= 4 is 33.0 Å². The van der Waals surface area contributed by atoms with Gasteiger partial charge in [-0.2, -0.15) is 0 Å². The molecule has 1 aromatic rings. The third-order valence-corrected chi connectivity index (χ3v) is 4.83. The summed E-state index contributed by atoms with van der Waals surface area (Å²) in [4.78, 5) is 3.76. The molecule has 0 aromatic carbocycles. The van der Waals surface area contributed by atoms with E-state index >= 15 is 0 Å². The Morgan fingerprint density at radius 1 is 1.27 bits per heavy atom. The van der Waals surface area contributed by atoms with E-state index in [1.54, 1.807) is 0 Å². The SMILES string of the molecule is O=S(=O)(Cc1cc(Cl)nc(Cl)c1)C1CC1. The fourth-order valence-electron chi connectivity index (χ4n) is 1.37. The fourth-order valence-corrected chi connectivity index (χ4v) is 3.60. The predicted octanol–water partition coefficient (Wildman–Crippen LogP) is 2.47. The summed E-state index contributed by atoms with van der Waals surface area (Å²) in [5.41, 5.74) is 0.604. The lowest BCUT2D eigenvalue weighted by molar-refractivity contribution is 0.594. The lowest BCUT2D eigenvalue weighted by Crippen LogP contribution is -2.09. The molecule has 0 bridgehead atoms. The highest BCUT2D eigenvalue weighted by atomic mass is 35.5. The normalized spacial score (nSPS) is 16.7. The summed E-state index contributed by atoms with van der Waals surface area (Å²) in [6, 6.07) is 3.07. The maximum absolute atomic E-state index is 11.7. The molecule has 3 nitrogen and oxygen atoms in total. The highest BCUT2D eigenvalue weighted by Crippen LogP contribution is 2.31. The lowest BCUT2D eigenvalue weighted by atomic mass is 10.3. The topological polar surface area (TPSA) is 47.0 Å². The second kappa shape index (κ2) is 3.92. The highest BCUT2D eigenvalue weighted by Gasteiger charge is 2.35. The Morgan fingerprint density at radius 2 is 1.80 bits per heavy atom. The highest BCUT2D eigenvalue weighted by molar-refractivity contribution is 7.91. The number of pyridine rings is 1. The largest absolute Gasteiger partial charge is 0.228 e. The van der Waals surface area contributed by atoms with Crippen LogP contribution in [0.5, 0.6) is 0 Å². The van der Waals surface area contributed by atoms with Crippen LogP contribution in [0.1, 0.15) is 18.4 Å². The molecule has 1 heterocycles. The van der Waals surface area contributed by atoms with Gasteiger partial charge in [0, 0.05) is 0 Å². The first kappa shape index (κ1) is 11.2. The van der Waals surface area contributed by atoms with Crippen molar-refractivity contribution in [2.45, 2.75) is 23.8 Å². The Kier molecular flexibility index (Phi) is 2.92. The number of sulfone groups is 1. The van der Waals surface area contributed by atoms with Crippen LogP contribution in [0.2, 0.25) is 10.3 Å². The second-order valence-electron chi connectivity index (χ2n) is 3.63. The molecule has 15 heavy (non-hydrogen) atoms. The number of halogens is 2. The molecule has 6 heteroatoms. The van der Waals surface area contributed by atoms with Crippen LogP contribution in [-0.4, -0.2) is 18.7 Å². The second-order valence-corrected chi connectivity index (χ2v) is 6.68. The first-order valence-electron chi connectivity index (χ1n) is 4.51. The van der Waals surface area contributed by atoms with Crippen molar-refractivity contribution < 1.29 is 8.42 Å². The van der Waals surface area contributed by atoms with Gasteiger partial charge < -0.3 is 0 Å². The number of hydrogen-bond acceptors (Lipinski definition) is 3. The minimum Gasteiger partial charge on any atom is -0.228 e. The minimum atomic E-state index is -3.02. The van der Waals surface area contributed by atoms with Gasteiger partial charge in [0.2, 0.25) is 0 Å². The van der Waals surface area contributed by atoms with Crippen molar-refractivity contribution in [2.24, 2.45) is 0 Å². The van der Waals surface area contributed by atoms with Crippen molar-refractivity contribution in [3.05, 3.63) is 28.0 Å². The predicted molar refractivity (Wildman–Crippen MR) is 59.9 cm³/mol. The van der Waals surface area contributed by atoms with E-state index < -0.39 is 9.84 Å². The minimum absolute atomic E-state index is 0.000370. The van der Waals surface area contributed by atoms with Crippen LogP contribution in [0.4, 0.5) is 0 Å². The quantitative estimate of drug-likeness (QED) is 0.789. The zero-order valence-corrected chi connectivity index (χ0v) is 10.1. The number of nitrogens with zero attached hydrogens (tertiary/aromatic N) is 1. The standard InChI is InChI=1S/C9H9Cl2NO2S/c10-8-3-6(4-9(11)12-8)5-15(13,14)7-1-2-7/h3-4,7H,1-2,5H2. The van der Waals surface area contributed by atoms with Crippen molar-refractivity contribution in [3.63, 3.8) is 0 Å². The van der Waals surface area contributed by atoms with Crippen LogP contribution in [-0.2, 0) is 15.6 Å². The molecule has 1 aliphatic rings. The zero-order valence-electron chi connectivity index (χ0n) is 7.78. The number of hydrogen-bond donors (Lipinski definition) is 0. The van der Waals surface area contributed by atoms with Gasteiger partial charge in [-0.25, -0.2) is 13.4 Å². The van der Waals surface area contributed by atoms with E-state index in [0.717, 1.165) is 12.8 Å². The Morgan fingerprint density at radius 3 is 2.27 bits per heavy atom. The third-order valence-electron chi connectivity index (χ3n) is 2.22. The van der Waals surface area contributed by atoms with Crippen LogP contribution in [0, 0.1) is 0 Å². The lowest BCUT2D eigenvalue weighted by Gasteiger charge is -2.03. The van der Waals surface area contributed by atoms with E-state index in [0.29, 0.717) is 5.56 Å². The van der Waals surface area contributed by atoms with E-state index in [9.17, 15) is 8.42 Å². The molecule has 0 aliphatic heterocycles. The van der Waals surface area contributed by atoms with Crippen molar-refractivity contribution in [3.8, 4) is 0 Å². The molecular weight excluding hydrogens is 257 g/mol. The van der Waals surface area contributed by atoms with Crippen molar-refractivity contribution in [1.29, 1.82) is 0 Å². The van der Waals surface area contributed by atoms with E-state index in [1.165, 1.54) is 12.1 Å². The molecule has 0 N–H and O–H groups in total. The van der Waals surface area contributed by atoms with Gasteiger partial charge in [-0.05, 0) is 30.5 Å². The van der Waals surface area contributed by atoms with Gasteiger partial charge >= 0.3 is 0 Å². The molecule has 0 spiro atoms. The van der Waals surface area contributed by atoms with Gasteiger partial charge in [-0.15, -0.1) is 0 Å². The van der Waals surface area contributed by atoms with Gasteiger partial charge in [-0.3, -0.25) is 0 Å². The van der Waals surface area contributed by atoms with Crippen LogP contribution < -0.4 is 0 Å². The molecule has 0 radical (unpaired) electrons. The fraction of sp³-hybridized carbons (Fsp3) is 0.444. The first-order chi connectivity index (χ1) is 6.97. The molecule has 1 fully saturated rings. The van der Waals surface area contributed by atoms with Crippen molar-refractivity contribution in [2.75, 3.05) is 0 Å². The molecule has 2 rings (SSSR count). The molecular formula is C9H9Cl2NO2S. The van der Waals surface area contributed by atoms with Crippen LogP contribution in [0.3, 0.4) is 0 Å². The zero-order chi connectivity index (χ0) is 11.1. The smallest absolute Gasteiger partial charge is 0.157 e. The summed E-state index contributed by atoms with van der Waals surface area (Å²) in [5, 5.41) is 0.287. The molecule has 0 amide bonds. The molecule has 1 saturated carbocycles. The van der Waals surface area contributed by atoms with E-state index in [2.05, 4.69) is 4.98 Å². The van der Waals surface area contributed by atoms with Crippen molar-refractivity contribution in [1.82, 2.24) is 4.98 Å². The Labute approximate surface area is 98.3 Å². The van der Waals surface area contributed by atoms with Gasteiger partial charge in [0.1, 0.15) is 10.3 Å². The Hall–Kier alpha value is -0.320. The van der Waals surface area contributed by atoms with Crippen LogP contribution in [0.25, 0.3) is 0 Å². The molecule has 0 unspecified atom stereocenters. The van der Waals surface area contributed by atoms with Crippen LogP contribution in [0.15, 0.2) is 12.1 Å². The summed E-state index contributed by atoms with van der Waals surface area (Å²) in [6.45, 7) is 0. The summed E-state index contributed by atoms with van der Waals surface area (Å²) >= 11 is 11.4. The van der Waals surface area contributed by atoms with Gasteiger partial charge in [0.15, 0.2) is 9.84 Å². The van der Waals surface area contributed by atoms with Gasteiger partial charge in [0.05, 0.1) is 11.0 Å². The van der Waals surface area contributed by atoms with E-state index in [-0.39, 0.29) is 21.3 Å². The maximum Gasteiger partial charge on any atom is 0.157 e. The molecule has 0 saturated heterocycles. The van der Waals surface area contributed by atoms with Gasteiger partial charge in [0.25, 0.3) is 0 Å². The average Bonchev–Trinajstić information content (AvgIpc) is 2.80. The molecule has 0 atom stereocenters. The first-order valence-corrected chi connectivity index (χ1v) is 6.98. The molecule has 1 aromatic heterocycles. The summed E-state index contributed by atoms with van der Waals surface area (Å²) < 4.78 is 23.4. The number of rotatable bonds is 3. The maximum atomic E-state index is 11.7. The molecule has 1 aliphatic carbocycles. The Bertz CT molecular complexity index is 463. The van der Waals surface area contributed by atoms with Gasteiger partial charge in [-0.1, -0.05) is 23.2 Å². The number of aromatic nitrogens is 1. The third kappa shape index (κ3) is 2.83. The van der Waals surface area contributed by atoms with E-state index in [1.807, 2.05) is 0 Å². The Balaban J connectivity index is 2.23. The summed E-state index contributed by atoms with van der Waals surface area (Å²) in [5.74, 6) is -0.000370. The van der Waals surface area contributed by atoms with E-state index in [4.69, 9.17) is 23.2 Å².